The van der Waals surface area contributed by atoms with E-state index >= 15 is 0 Å². The lowest BCUT2D eigenvalue weighted by atomic mass is 10.1. The highest BCUT2D eigenvalue weighted by Crippen LogP contribution is 2.20. The Bertz CT molecular complexity index is 868. The molecule has 0 radical (unpaired) electrons. The van der Waals surface area contributed by atoms with Crippen LogP contribution in [0.4, 0.5) is 5.69 Å². The Labute approximate surface area is 153 Å². The molecule has 0 saturated carbocycles. The molecule has 0 saturated heterocycles. The third-order valence-corrected chi connectivity index (χ3v) is 4.17. The van der Waals surface area contributed by atoms with Gasteiger partial charge in [0.05, 0.1) is 5.69 Å². The number of hydrogen-bond acceptors (Lipinski definition) is 2. The van der Waals surface area contributed by atoms with E-state index in [9.17, 15) is 0 Å². The average Bonchev–Trinajstić information content (AvgIpc) is 2.63. The molecule has 3 aromatic rings. The van der Waals surface area contributed by atoms with Gasteiger partial charge in [-0.3, -0.25) is 4.99 Å². The van der Waals surface area contributed by atoms with Crippen LogP contribution in [0.2, 0.25) is 5.02 Å². The number of nitrogens with zero attached hydrogens (tertiary/aromatic N) is 1. The van der Waals surface area contributed by atoms with Gasteiger partial charge in [-0.1, -0.05) is 35.9 Å². The first-order chi connectivity index (χ1) is 12.1. The third kappa shape index (κ3) is 4.94. The molecule has 3 aromatic carbocycles. The van der Waals surface area contributed by atoms with Gasteiger partial charge in [-0.25, -0.2) is 0 Å². The summed E-state index contributed by atoms with van der Waals surface area (Å²) in [6.45, 7) is 4.66. The van der Waals surface area contributed by atoms with Crippen molar-refractivity contribution in [3.63, 3.8) is 0 Å². The van der Waals surface area contributed by atoms with Gasteiger partial charge in [0.15, 0.2) is 0 Å². The highest BCUT2D eigenvalue weighted by Gasteiger charge is 1.98. The van der Waals surface area contributed by atoms with E-state index < -0.39 is 0 Å². The summed E-state index contributed by atoms with van der Waals surface area (Å²) in [5.41, 5.74) is 5.52. The summed E-state index contributed by atoms with van der Waals surface area (Å²) < 4.78 is 5.80. The Morgan fingerprint density at radius 2 is 1.64 bits per heavy atom. The normalized spacial score (nSPS) is 11.0. The summed E-state index contributed by atoms with van der Waals surface area (Å²) in [6, 6.07) is 21.9. The highest BCUT2D eigenvalue weighted by molar-refractivity contribution is 6.30. The smallest absolute Gasteiger partial charge is 0.119 e. The summed E-state index contributed by atoms with van der Waals surface area (Å²) >= 11 is 5.89. The summed E-state index contributed by atoms with van der Waals surface area (Å²) in [6.07, 6.45) is 1.88. The van der Waals surface area contributed by atoms with Crippen molar-refractivity contribution in [2.45, 2.75) is 20.5 Å². The van der Waals surface area contributed by atoms with Crippen molar-refractivity contribution in [3.8, 4) is 5.75 Å². The van der Waals surface area contributed by atoms with E-state index in [4.69, 9.17) is 16.3 Å². The van der Waals surface area contributed by atoms with Crippen molar-refractivity contribution >= 4 is 23.5 Å². The van der Waals surface area contributed by atoms with Crippen LogP contribution in [0.5, 0.6) is 5.75 Å². The minimum absolute atomic E-state index is 0.521. The van der Waals surface area contributed by atoms with E-state index in [-0.39, 0.29) is 0 Å². The molecule has 0 fully saturated rings. The molecule has 0 spiro atoms. The van der Waals surface area contributed by atoms with Crippen LogP contribution in [0.1, 0.15) is 22.3 Å². The van der Waals surface area contributed by atoms with Crippen LogP contribution in [0.25, 0.3) is 0 Å². The van der Waals surface area contributed by atoms with Crippen LogP contribution in [0.3, 0.4) is 0 Å². The van der Waals surface area contributed by atoms with Crippen LogP contribution in [-0.4, -0.2) is 6.21 Å². The molecule has 0 aliphatic rings. The van der Waals surface area contributed by atoms with Gasteiger partial charge < -0.3 is 4.74 Å². The second kappa shape index (κ2) is 8.00. The van der Waals surface area contributed by atoms with E-state index in [0.29, 0.717) is 6.61 Å². The molecule has 0 heterocycles. The van der Waals surface area contributed by atoms with Gasteiger partial charge >= 0.3 is 0 Å². The molecule has 0 aromatic heterocycles. The first-order valence-corrected chi connectivity index (χ1v) is 8.56. The standard InChI is InChI=1S/C22H20ClNO/c1-16-3-4-17(2)22(13-16)24-14-18-7-11-21(12-8-18)25-15-19-5-9-20(23)10-6-19/h3-14H,15H2,1-2H3. The number of aryl methyl sites for hydroxylation is 2. The van der Waals surface area contributed by atoms with Crippen LogP contribution in [0, 0.1) is 13.8 Å². The van der Waals surface area contributed by atoms with Crippen molar-refractivity contribution in [2.24, 2.45) is 4.99 Å². The maximum absolute atomic E-state index is 5.89. The van der Waals surface area contributed by atoms with Crippen LogP contribution < -0.4 is 4.74 Å². The van der Waals surface area contributed by atoms with E-state index in [1.165, 1.54) is 11.1 Å². The molecule has 0 aliphatic heterocycles. The zero-order chi connectivity index (χ0) is 17.6. The van der Waals surface area contributed by atoms with E-state index in [1.807, 2.05) is 54.7 Å². The second-order valence-corrected chi connectivity index (χ2v) is 6.47. The maximum Gasteiger partial charge on any atom is 0.119 e. The lowest BCUT2D eigenvalue weighted by Gasteiger charge is -2.06. The predicted molar refractivity (Wildman–Crippen MR) is 105 cm³/mol. The molecule has 0 aliphatic carbocycles. The van der Waals surface area contributed by atoms with Gasteiger partial charge in [-0.2, -0.15) is 0 Å². The molecule has 25 heavy (non-hydrogen) atoms. The number of ether oxygens (including phenoxy) is 1. The van der Waals surface area contributed by atoms with E-state index in [0.717, 1.165) is 27.6 Å². The minimum Gasteiger partial charge on any atom is -0.489 e. The summed E-state index contributed by atoms with van der Waals surface area (Å²) in [5.74, 6) is 0.832. The molecule has 0 unspecified atom stereocenters. The zero-order valence-electron chi connectivity index (χ0n) is 14.4. The Balaban J connectivity index is 1.62. The number of benzene rings is 3. The Morgan fingerprint density at radius 3 is 2.36 bits per heavy atom. The summed E-state index contributed by atoms with van der Waals surface area (Å²) in [5, 5.41) is 0.733. The van der Waals surface area contributed by atoms with Gasteiger partial charge in [-0.15, -0.1) is 0 Å². The van der Waals surface area contributed by atoms with Gasteiger partial charge in [0.2, 0.25) is 0 Å². The maximum atomic E-state index is 5.89. The topological polar surface area (TPSA) is 21.6 Å². The third-order valence-electron chi connectivity index (χ3n) is 3.92. The molecule has 0 atom stereocenters. The lowest BCUT2D eigenvalue weighted by molar-refractivity contribution is 0.306. The number of rotatable bonds is 5. The molecule has 126 valence electrons. The number of hydrogen-bond donors (Lipinski definition) is 0. The molecule has 3 rings (SSSR count). The van der Waals surface area contributed by atoms with Gasteiger partial charge in [-0.05, 0) is 78.6 Å². The van der Waals surface area contributed by atoms with Gasteiger partial charge in [0, 0.05) is 11.2 Å². The first-order valence-electron chi connectivity index (χ1n) is 8.19. The minimum atomic E-state index is 0.521. The van der Waals surface area contributed by atoms with Crippen molar-refractivity contribution in [3.05, 3.63) is 94.0 Å². The van der Waals surface area contributed by atoms with Crippen LogP contribution in [0.15, 0.2) is 71.7 Å². The molecular formula is C22H20ClNO. The van der Waals surface area contributed by atoms with Gasteiger partial charge in [0.25, 0.3) is 0 Å². The molecule has 3 heteroatoms. The Hall–Kier alpha value is -2.58. The van der Waals surface area contributed by atoms with Crippen LogP contribution in [-0.2, 0) is 6.61 Å². The van der Waals surface area contributed by atoms with E-state index in [2.05, 4.69) is 37.0 Å². The molecule has 0 N–H and O–H groups in total. The SMILES string of the molecule is Cc1ccc(C)c(N=Cc2ccc(OCc3ccc(Cl)cc3)cc2)c1. The van der Waals surface area contributed by atoms with Crippen molar-refractivity contribution in [1.82, 2.24) is 0 Å². The summed E-state index contributed by atoms with van der Waals surface area (Å²) in [7, 11) is 0. The molecule has 0 amide bonds. The zero-order valence-corrected chi connectivity index (χ0v) is 15.1. The fourth-order valence-electron chi connectivity index (χ4n) is 2.40. The van der Waals surface area contributed by atoms with Crippen LogP contribution >= 0.6 is 11.6 Å². The molecule has 2 nitrogen and oxygen atoms in total. The largest absolute Gasteiger partial charge is 0.489 e. The monoisotopic (exact) mass is 349 g/mol. The van der Waals surface area contributed by atoms with Crippen molar-refractivity contribution < 1.29 is 4.74 Å². The first kappa shape index (κ1) is 17.2. The predicted octanol–water partition coefficient (Wildman–Crippen LogP) is 6.29. The quantitative estimate of drug-likeness (QED) is 0.496. The number of halogens is 1. The molecule has 0 bridgehead atoms. The Kier molecular flexibility index (Phi) is 5.52. The fourth-order valence-corrected chi connectivity index (χ4v) is 2.53. The van der Waals surface area contributed by atoms with Crippen molar-refractivity contribution in [1.29, 1.82) is 0 Å². The second-order valence-electron chi connectivity index (χ2n) is 6.03. The lowest BCUT2D eigenvalue weighted by Crippen LogP contribution is -1.95. The molecular weight excluding hydrogens is 330 g/mol. The Morgan fingerprint density at radius 1 is 0.920 bits per heavy atom. The fraction of sp³-hybridized carbons (Fsp3) is 0.136. The average molecular weight is 350 g/mol. The van der Waals surface area contributed by atoms with Gasteiger partial charge in [0.1, 0.15) is 12.4 Å². The number of aliphatic imine (C=N–C) groups is 1. The van der Waals surface area contributed by atoms with Crippen molar-refractivity contribution in [2.75, 3.05) is 0 Å². The highest BCUT2D eigenvalue weighted by atomic mass is 35.5. The van der Waals surface area contributed by atoms with E-state index in [1.54, 1.807) is 0 Å². The summed E-state index contributed by atoms with van der Waals surface area (Å²) in [4.78, 5) is 4.59.